The van der Waals surface area contributed by atoms with E-state index in [2.05, 4.69) is 28.5 Å². The Labute approximate surface area is 116 Å². The maximum atomic E-state index is 11.9. The molecule has 1 aliphatic carbocycles. The van der Waals surface area contributed by atoms with Crippen LogP contribution in [-0.2, 0) is 4.79 Å². The number of allylic oxidation sites excluding steroid dienone is 1. The molecule has 0 bridgehead atoms. The summed E-state index contributed by atoms with van der Waals surface area (Å²) in [6, 6.07) is 0.494. The minimum absolute atomic E-state index is 0.172. The van der Waals surface area contributed by atoms with Crippen molar-refractivity contribution in [3.63, 3.8) is 0 Å². The minimum Gasteiger partial charge on any atom is -0.355 e. The first kappa shape index (κ1) is 14.5. The zero-order valence-corrected chi connectivity index (χ0v) is 12.1. The van der Waals surface area contributed by atoms with E-state index in [0.29, 0.717) is 12.6 Å². The predicted octanol–water partition coefficient (Wildman–Crippen LogP) is 1.29. The maximum Gasteiger partial charge on any atom is 0.234 e. The molecule has 0 unspecified atom stereocenters. The van der Waals surface area contributed by atoms with Crippen molar-refractivity contribution in [2.75, 3.05) is 32.7 Å². The van der Waals surface area contributed by atoms with E-state index in [-0.39, 0.29) is 5.91 Å². The molecule has 2 N–H and O–H groups in total. The summed E-state index contributed by atoms with van der Waals surface area (Å²) in [7, 11) is 0. The molecule has 0 saturated carbocycles. The van der Waals surface area contributed by atoms with Crippen molar-refractivity contribution in [2.24, 2.45) is 0 Å². The number of carbonyl (C=O) groups excluding carboxylic acids is 1. The van der Waals surface area contributed by atoms with E-state index in [1.165, 1.54) is 31.3 Å². The second-order valence-corrected chi connectivity index (χ2v) is 5.80. The number of nitrogens with zero attached hydrogens (tertiary/aromatic N) is 1. The predicted molar refractivity (Wildman–Crippen MR) is 78.1 cm³/mol. The van der Waals surface area contributed by atoms with Gasteiger partial charge in [0.05, 0.1) is 6.54 Å². The number of hydrogen-bond acceptors (Lipinski definition) is 3. The molecular formula is C15H27N3O. The summed E-state index contributed by atoms with van der Waals surface area (Å²) in [5.41, 5.74) is 1.53. The summed E-state index contributed by atoms with van der Waals surface area (Å²) >= 11 is 0. The van der Waals surface area contributed by atoms with Crippen molar-refractivity contribution < 1.29 is 4.79 Å². The number of carbonyl (C=O) groups is 1. The largest absolute Gasteiger partial charge is 0.355 e. The quantitative estimate of drug-likeness (QED) is 0.736. The molecule has 4 heteroatoms. The van der Waals surface area contributed by atoms with E-state index in [0.717, 1.165) is 32.6 Å². The number of hydrogen-bond donors (Lipinski definition) is 2. The normalized spacial score (nSPS) is 24.9. The molecule has 1 saturated heterocycles. The maximum absolute atomic E-state index is 11.9. The van der Waals surface area contributed by atoms with Crippen molar-refractivity contribution in [3.8, 4) is 0 Å². The van der Waals surface area contributed by atoms with Crippen molar-refractivity contribution in [1.29, 1.82) is 0 Å². The van der Waals surface area contributed by atoms with Crippen LogP contribution in [0.15, 0.2) is 11.6 Å². The molecule has 2 aliphatic rings. The lowest BCUT2D eigenvalue weighted by Crippen LogP contribution is -2.51. The molecule has 0 aromatic rings. The average Bonchev–Trinajstić information content (AvgIpc) is 2.40. The molecule has 0 spiro atoms. The summed E-state index contributed by atoms with van der Waals surface area (Å²) < 4.78 is 0. The Morgan fingerprint density at radius 3 is 3.16 bits per heavy atom. The van der Waals surface area contributed by atoms with Gasteiger partial charge in [-0.1, -0.05) is 11.6 Å². The Balaban J connectivity index is 1.60. The van der Waals surface area contributed by atoms with Gasteiger partial charge in [0.2, 0.25) is 5.91 Å². The monoisotopic (exact) mass is 265 g/mol. The molecule has 2 rings (SSSR count). The van der Waals surface area contributed by atoms with E-state index in [4.69, 9.17) is 0 Å². The lowest BCUT2D eigenvalue weighted by Gasteiger charge is -2.31. The lowest BCUT2D eigenvalue weighted by molar-refractivity contribution is -0.122. The van der Waals surface area contributed by atoms with E-state index >= 15 is 0 Å². The topological polar surface area (TPSA) is 44.4 Å². The Bertz CT molecular complexity index is 327. The van der Waals surface area contributed by atoms with Crippen LogP contribution < -0.4 is 10.6 Å². The molecule has 0 aromatic heterocycles. The lowest BCUT2D eigenvalue weighted by atomic mass is 9.97. The van der Waals surface area contributed by atoms with Gasteiger partial charge < -0.3 is 10.6 Å². The molecule has 1 atom stereocenters. The fourth-order valence-electron chi connectivity index (χ4n) is 2.91. The molecule has 1 aliphatic heterocycles. The van der Waals surface area contributed by atoms with E-state index in [1.807, 2.05) is 0 Å². The highest BCUT2D eigenvalue weighted by molar-refractivity contribution is 5.78. The van der Waals surface area contributed by atoms with Gasteiger partial charge in [0.15, 0.2) is 0 Å². The summed E-state index contributed by atoms with van der Waals surface area (Å²) in [6.07, 6.45) is 8.49. The van der Waals surface area contributed by atoms with E-state index in [9.17, 15) is 4.79 Å². The van der Waals surface area contributed by atoms with Gasteiger partial charge in [-0.05, 0) is 39.0 Å². The van der Waals surface area contributed by atoms with Crippen molar-refractivity contribution in [3.05, 3.63) is 11.6 Å². The highest BCUT2D eigenvalue weighted by atomic mass is 16.2. The van der Waals surface area contributed by atoms with Crippen LogP contribution in [0.4, 0.5) is 0 Å². The Morgan fingerprint density at radius 1 is 1.53 bits per heavy atom. The number of nitrogens with one attached hydrogen (secondary N) is 2. The molecule has 4 nitrogen and oxygen atoms in total. The van der Waals surface area contributed by atoms with Crippen LogP contribution in [0.25, 0.3) is 0 Å². The van der Waals surface area contributed by atoms with Crippen LogP contribution in [0.5, 0.6) is 0 Å². The van der Waals surface area contributed by atoms with Gasteiger partial charge >= 0.3 is 0 Å². The molecular weight excluding hydrogens is 238 g/mol. The zero-order valence-electron chi connectivity index (χ0n) is 12.1. The zero-order chi connectivity index (χ0) is 13.5. The SMILES string of the molecule is C[C@H]1CN(CC(=O)NCCC2=CCCCC2)CCN1. The van der Waals surface area contributed by atoms with Crippen LogP contribution in [0.3, 0.4) is 0 Å². The highest BCUT2D eigenvalue weighted by Gasteiger charge is 2.17. The van der Waals surface area contributed by atoms with Gasteiger partial charge in [0, 0.05) is 32.2 Å². The Morgan fingerprint density at radius 2 is 2.42 bits per heavy atom. The first-order chi connectivity index (χ1) is 9.24. The number of piperazine rings is 1. The van der Waals surface area contributed by atoms with Gasteiger partial charge in [-0.2, -0.15) is 0 Å². The fourth-order valence-corrected chi connectivity index (χ4v) is 2.91. The minimum atomic E-state index is 0.172. The van der Waals surface area contributed by atoms with Gasteiger partial charge in [-0.25, -0.2) is 0 Å². The van der Waals surface area contributed by atoms with Gasteiger partial charge in [-0.15, -0.1) is 0 Å². The van der Waals surface area contributed by atoms with Crippen LogP contribution in [-0.4, -0.2) is 49.6 Å². The van der Waals surface area contributed by atoms with Gasteiger partial charge in [0.1, 0.15) is 0 Å². The number of amides is 1. The first-order valence-electron chi connectivity index (χ1n) is 7.64. The summed E-state index contributed by atoms with van der Waals surface area (Å²) in [5, 5.41) is 6.44. The number of rotatable bonds is 5. The van der Waals surface area contributed by atoms with Gasteiger partial charge in [-0.3, -0.25) is 9.69 Å². The Kier molecular flexibility index (Phi) is 5.86. The van der Waals surface area contributed by atoms with Gasteiger partial charge in [0.25, 0.3) is 0 Å². The van der Waals surface area contributed by atoms with Crippen molar-refractivity contribution in [1.82, 2.24) is 15.5 Å². The standard InChI is InChI=1S/C15H27N3O/c1-13-11-18(10-9-16-13)12-15(19)17-8-7-14-5-3-2-4-6-14/h5,13,16H,2-4,6-12H2,1H3,(H,17,19)/t13-/m0/s1. The molecule has 19 heavy (non-hydrogen) atoms. The smallest absolute Gasteiger partial charge is 0.234 e. The van der Waals surface area contributed by atoms with E-state index < -0.39 is 0 Å². The van der Waals surface area contributed by atoms with Crippen LogP contribution >= 0.6 is 0 Å². The third-order valence-corrected chi connectivity index (χ3v) is 3.97. The summed E-state index contributed by atoms with van der Waals surface area (Å²) in [6.45, 7) is 6.44. The summed E-state index contributed by atoms with van der Waals surface area (Å²) in [4.78, 5) is 14.1. The molecule has 0 aromatic carbocycles. The summed E-state index contributed by atoms with van der Waals surface area (Å²) in [5.74, 6) is 0.172. The first-order valence-corrected chi connectivity index (χ1v) is 7.64. The van der Waals surface area contributed by atoms with Crippen molar-refractivity contribution in [2.45, 2.75) is 45.1 Å². The Hall–Kier alpha value is -0.870. The highest BCUT2D eigenvalue weighted by Crippen LogP contribution is 2.19. The average molecular weight is 265 g/mol. The van der Waals surface area contributed by atoms with Crippen LogP contribution in [0, 0.1) is 0 Å². The van der Waals surface area contributed by atoms with Crippen LogP contribution in [0.1, 0.15) is 39.0 Å². The van der Waals surface area contributed by atoms with Crippen LogP contribution in [0.2, 0.25) is 0 Å². The third-order valence-electron chi connectivity index (χ3n) is 3.97. The third kappa shape index (κ3) is 5.33. The molecule has 1 fully saturated rings. The molecule has 1 amide bonds. The van der Waals surface area contributed by atoms with Crippen molar-refractivity contribution >= 4 is 5.91 Å². The second-order valence-electron chi connectivity index (χ2n) is 5.80. The molecule has 1 heterocycles. The molecule has 108 valence electrons. The van der Waals surface area contributed by atoms with E-state index in [1.54, 1.807) is 0 Å². The second kappa shape index (κ2) is 7.65. The fraction of sp³-hybridized carbons (Fsp3) is 0.800. The molecule has 0 radical (unpaired) electrons.